The fourth-order valence-electron chi connectivity index (χ4n) is 5.49. The number of ketones is 1. The molecular formula is C35H42N4O7. The first-order valence-corrected chi connectivity index (χ1v) is 15.6. The van der Waals surface area contributed by atoms with Crippen LogP contribution in [0.1, 0.15) is 69.8 Å². The van der Waals surface area contributed by atoms with Crippen molar-refractivity contribution in [2.75, 3.05) is 13.2 Å². The smallest absolute Gasteiger partial charge is 0.407 e. The Balaban J connectivity index is 1.34. The molecule has 0 aliphatic heterocycles. The molecule has 4 rings (SSSR count). The summed E-state index contributed by atoms with van der Waals surface area (Å²) in [6.07, 6.45) is 1.79. The van der Waals surface area contributed by atoms with E-state index in [1.165, 1.54) is 0 Å². The number of aromatic nitrogens is 1. The Hall–Kier alpha value is -4.93. The minimum absolute atomic E-state index is 0.134. The van der Waals surface area contributed by atoms with Gasteiger partial charge in [-0.3, -0.25) is 19.2 Å². The lowest BCUT2D eigenvalue weighted by atomic mass is 10.0. The Labute approximate surface area is 269 Å². The van der Waals surface area contributed by atoms with Gasteiger partial charge in [-0.05, 0) is 56.7 Å². The molecule has 11 nitrogen and oxygen atoms in total. The van der Waals surface area contributed by atoms with Gasteiger partial charge < -0.3 is 30.0 Å². The maximum atomic E-state index is 13.6. The van der Waals surface area contributed by atoms with Gasteiger partial charge in [-0.1, -0.05) is 67.1 Å². The highest BCUT2D eigenvalue weighted by molar-refractivity contribution is 5.98. The van der Waals surface area contributed by atoms with E-state index in [9.17, 15) is 24.0 Å². The Kier molecular flexibility index (Phi) is 12.1. The van der Waals surface area contributed by atoms with Crippen molar-refractivity contribution in [3.63, 3.8) is 0 Å². The molecule has 1 aliphatic carbocycles. The number of esters is 1. The summed E-state index contributed by atoms with van der Waals surface area (Å²) in [5, 5.41) is 8.48. The average molecular weight is 631 g/mol. The molecule has 1 fully saturated rings. The topological polar surface area (TPSA) is 145 Å². The van der Waals surface area contributed by atoms with E-state index in [-0.39, 0.29) is 32.0 Å². The predicted molar refractivity (Wildman–Crippen MR) is 171 cm³/mol. The molecule has 46 heavy (non-hydrogen) atoms. The molecule has 0 bridgehead atoms. The lowest BCUT2D eigenvalue weighted by molar-refractivity contribution is -0.148. The minimum Gasteiger partial charge on any atom is -0.457 e. The van der Waals surface area contributed by atoms with Gasteiger partial charge in [0.25, 0.3) is 5.91 Å². The third-order valence-electron chi connectivity index (χ3n) is 8.38. The molecule has 0 unspecified atom stereocenters. The zero-order valence-electron chi connectivity index (χ0n) is 26.5. The van der Waals surface area contributed by atoms with Gasteiger partial charge in [0, 0.05) is 30.9 Å². The summed E-state index contributed by atoms with van der Waals surface area (Å²) in [6, 6.07) is 18.2. The second-order valence-electron chi connectivity index (χ2n) is 11.6. The average Bonchev–Trinajstić information content (AvgIpc) is 3.64. The highest BCUT2D eigenvalue weighted by atomic mass is 16.5. The highest BCUT2D eigenvalue weighted by Crippen LogP contribution is 2.27. The Morgan fingerprint density at radius 1 is 0.935 bits per heavy atom. The molecule has 1 saturated carbocycles. The second-order valence-corrected chi connectivity index (χ2v) is 11.6. The summed E-state index contributed by atoms with van der Waals surface area (Å²) in [7, 11) is 1.79. The molecule has 1 heterocycles. The summed E-state index contributed by atoms with van der Waals surface area (Å²) >= 11 is 0. The van der Waals surface area contributed by atoms with Crippen LogP contribution in [-0.2, 0) is 32.7 Å². The molecule has 0 saturated heterocycles. The summed E-state index contributed by atoms with van der Waals surface area (Å²) in [5.41, 5.74) is 3.61. The maximum Gasteiger partial charge on any atom is 0.407 e. The number of aryl methyl sites for hydroxylation is 1. The summed E-state index contributed by atoms with van der Waals surface area (Å²) in [4.78, 5) is 64.4. The summed E-state index contributed by atoms with van der Waals surface area (Å²) in [6.45, 7) is 3.80. The Morgan fingerprint density at radius 2 is 1.63 bits per heavy atom. The Morgan fingerprint density at radius 3 is 2.30 bits per heavy atom. The number of hydrogen-bond donors (Lipinski definition) is 3. The Bertz CT molecular complexity index is 1520. The van der Waals surface area contributed by atoms with Gasteiger partial charge in [0.1, 0.15) is 18.3 Å². The first-order valence-electron chi connectivity index (χ1n) is 15.6. The normalized spacial score (nSPS) is 16.2. The molecule has 244 valence electrons. The van der Waals surface area contributed by atoms with E-state index in [1.54, 1.807) is 48.0 Å². The molecule has 3 N–H and O–H groups in total. The van der Waals surface area contributed by atoms with E-state index in [1.807, 2.05) is 44.2 Å². The number of alkyl carbamates (subject to hydrolysis) is 1. The summed E-state index contributed by atoms with van der Waals surface area (Å²) < 4.78 is 12.4. The van der Waals surface area contributed by atoms with E-state index >= 15 is 0 Å². The van der Waals surface area contributed by atoms with Crippen LogP contribution in [0, 0.1) is 19.8 Å². The number of nitrogens with one attached hydrogen (secondary N) is 3. The third kappa shape index (κ3) is 9.29. The van der Waals surface area contributed by atoms with Gasteiger partial charge in [-0.2, -0.15) is 0 Å². The van der Waals surface area contributed by atoms with Crippen molar-refractivity contribution in [1.29, 1.82) is 0 Å². The number of nitrogens with zero attached hydrogens (tertiary/aromatic N) is 1. The van der Waals surface area contributed by atoms with Crippen LogP contribution < -0.4 is 16.0 Å². The number of benzene rings is 2. The summed E-state index contributed by atoms with van der Waals surface area (Å²) in [5.74, 6) is -2.30. The quantitative estimate of drug-likeness (QED) is 0.138. The fraction of sp³-hybridized carbons (Fsp3) is 0.400. The van der Waals surface area contributed by atoms with Crippen LogP contribution in [-0.4, -0.2) is 59.5 Å². The number of rotatable bonds is 14. The zero-order valence-corrected chi connectivity index (χ0v) is 26.5. The van der Waals surface area contributed by atoms with Crippen LogP contribution in [0.2, 0.25) is 0 Å². The number of carbonyl (C=O) groups excluding carboxylic acids is 5. The molecule has 0 spiro atoms. The molecule has 3 aromatic rings. The van der Waals surface area contributed by atoms with E-state index in [0.717, 1.165) is 16.8 Å². The standard InChI is InChI=1S/C35H42N4O7/c1-23-20-30(39(3)24(23)2)33(42)38-29(18-11-19-36-35(44)46-21-25-12-6-4-7-13-25)32(41)37-28-17-10-16-27(28)34(43)45-22-31(40)26-14-8-5-9-15-26/h4-9,12-15,20,27-29H,10-11,16-19,21-22H2,1-3H3,(H,36,44)(H,37,41)(H,38,42)/t27-,28+,29+/m1/s1. The van der Waals surface area contributed by atoms with Gasteiger partial charge >= 0.3 is 12.1 Å². The molecular weight excluding hydrogens is 588 g/mol. The van der Waals surface area contributed by atoms with E-state index in [4.69, 9.17) is 9.47 Å². The predicted octanol–water partition coefficient (Wildman–Crippen LogP) is 4.16. The molecule has 1 aliphatic rings. The van der Waals surface area contributed by atoms with Crippen LogP contribution in [0.4, 0.5) is 4.79 Å². The van der Waals surface area contributed by atoms with Gasteiger partial charge in [-0.25, -0.2) is 4.79 Å². The van der Waals surface area contributed by atoms with Crippen molar-refractivity contribution in [3.8, 4) is 0 Å². The van der Waals surface area contributed by atoms with Crippen molar-refractivity contribution >= 4 is 29.7 Å². The van der Waals surface area contributed by atoms with Crippen LogP contribution >= 0.6 is 0 Å². The van der Waals surface area contributed by atoms with E-state index < -0.39 is 41.9 Å². The number of carbonyl (C=O) groups is 5. The maximum absolute atomic E-state index is 13.6. The first kappa shape index (κ1) is 34.0. The molecule has 3 amide bonds. The van der Waals surface area contributed by atoms with Crippen molar-refractivity contribution in [1.82, 2.24) is 20.5 Å². The lowest BCUT2D eigenvalue weighted by Crippen LogP contribution is -2.51. The van der Waals surface area contributed by atoms with Gasteiger partial charge in [0.15, 0.2) is 12.4 Å². The molecule has 0 radical (unpaired) electrons. The van der Waals surface area contributed by atoms with Crippen LogP contribution in [0.15, 0.2) is 66.7 Å². The largest absolute Gasteiger partial charge is 0.457 e. The third-order valence-corrected chi connectivity index (χ3v) is 8.38. The van der Waals surface area contributed by atoms with Gasteiger partial charge in [0.2, 0.25) is 5.91 Å². The van der Waals surface area contributed by atoms with Crippen LogP contribution in [0.25, 0.3) is 0 Å². The first-order chi connectivity index (χ1) is 22.1. The monoisotopic (exact) mass is 630 g/mol. The van der Waals surface area contributed by atoms with Crippen LogP contribution in [0.3, 0.4) is 0 Å². The van der Waals surface area contributed by atoms with Crippen molar-refractivity contribution in [2.45, 2.75) is 64.6 Å². The minimum atomic E-state index is -0.929. The van der Waals surface area contributed by atoms with Gasteiger partial charge in [0.05, 0.1) is 5.92 Å². The molecule has 11 heteroatoms. The molecule has 1 aromatic heterocycles. The van der Waals surface area contributed by atoms with Crippen molar-refractivity contribution in [3.05, 3.63) is 94.8 Å². The second kappa shape index (κ2) is 16.4. The van der Waals surface area contributed by atoms with Crippen molar-refractivity contribution < 1.29 is 33.4 Å². The number of ether oxygens (including phenoxy) is 2. The molecule has 2 aromatic carbocycles. The highest BCUT2D eigenvalue weighted by Gasteiger charge is 2.37. The number of amides is 3. The van der Waals surface area contributed by atoms with Crippen molar-refractivity contribution in [2.24, 2.45) is 13.0 Å². The zero-order chi connectivity index (χ0) is 33.1. The fourth-order valence-corrected chi connectivity index (χ4v) is 5.49. The van der Waals surface area contributed by atoms with Crippen LogP contribution in [0.5, 0.6) is 0 Å². The van der Waals surface area contributed by atoms with E-state index in [2.05, 4.69) is 16.0 Å². The SMILES string of the molecule is Cc1cc(C(=O)N[C@@H](CCCNC(=O)OCc2ccccc2)C(=O)N[C@H]2CCC[C@H]2C(=O)OCC(=O)c2ccccc2)n(C)c1C. The molecule has 3 atom stereocenters. The number of Topliss-reactive ketones (excluding diaryl/α,β-unsaturated/α-hetero) is 1. The lowest BCUT2D eigenvalue weighted by Gasteiger charge is -2.24. The number of hydrogen-bond acceptors (Lipinski definition) is 7. The van der Waals surface area contributed by atoms with E-state index in [0.29, 0.717) is 36.9 Å². The van der Waals surface area contributed by atoms with Gasteiger partial charge in [-0.15, -0.1) is 0 Å².